The summed E-state index contributed by atoms with van der Waals surface area (Å²) in [4.78, 5) is 25.5. The zero-order valence-electron chi connectivity index (χ0n) is 43.8. The Kier molecular flexibility index (Phi) is 19.8. The number of fused-ring (bicyclic) bond motifs is 1. The second-order valence-electron chi connectivity index (χ2n) is 21.6. The predicted molar refractivity (Wildman–Crippen MR) is 261 cm³/mol. The van der Waals surface area contributed by atoms with Crippen molar-refractivity contribution in [3.8, 4) is 0 Å². The number of cyclic esters (lactones) is 1. The summed E-state index contributed by atoms with van der Waals surface area (Å²) >= 11 is 0. The molecule has 0 radical (unpaired) electrons. The maximum Gasteiger partial charge on any atom is 0.311 e. The Balaban J connectivity index is 1.50. The number of likely N-dealkylation sites (N-methyl/N-ethyl adjacent to an activating group) is 2. The molecule has 1 aromatic heterocycles. The van der Waals surface area contributed by atoms with E-state index in [0.717, 1.165) is 30.4 Å². The summed E-state index contributed by atoms with van der Waals surface area (Å²) in [6.45, 7) is 20.5. The molecule has 2 aromatic rings. The summed E-state index contributed by atoms with van der Waals surface area (Å²) in [5.41, 5.74) is -2.21. The van der Waals surface area contributed by atoms with Gasteiger partial charge in [0.05, 0.1) is 47.1 Å². The number of carbonyl (C=O) groups is 1. The summed E-state index contributed by atoms with van der Waals surface area (Å²) in [6.07, 6.45) is -4.74. The molecule has 4 N–H and O–H groups in total. The lowest BCUT2D eigenvalue weighted by atomic mass is 9.77. The molecule has 0 saturated carbocycles. The number of benzene rings is 1. The number of aliphatic hydroxyl groups is 4. The number of aliphatic hydroxyl groups excluding tert-OH is 2. The normalized spacial score (nSPS) is 40.8. The highest BCUT2D eigenvalue weighted by molar-refractivity contribution is 5.81. The maximum atomic E-state index is 14.6. The summed E-state index contributed by atoms with van der Waals surface area (Å²) in [6, 6.07) is 9.61. The largest absolute Gasteiger partial charge is 0.459 e. The van der Waals surface area contributed by atoms with Crippen LogP contribution in [0.4, 0.5) is 0 Å². The average molecular weight is 961 g/mol. The molecule has 5 rings (SSSR count). The minimum atomic E-state index is -1.81. The molecule has 3 aliphatic rings. The topological polar surface area (TPSA) is 185 Å². The Morgan fingerprint density at radius 3 is 2.28 bits per heavy atom. The zero-order valence-corrected chi connectivity index (χ0v) is 43.8. The number of carbonyl (C=O) groups excluding carboxylic acids is 1. The monoisotopic (exact) mass is 961 g/mol. The van der Waals surface area contributed by atoms with Crippen LogP contribution < -0.4 is 0 Å². The fraction of sp³-hybridized carbons (Fsp3) is 0.808. The first-order valence-corrected chi connectivity index (χ1v) is 25.0. The molecular weight excluding hydrogens is 873 g/mol. The van der Waals surface area contributed by atoms with Gasteiger partial charge in [-0.05, 0) is 126 Å². The third-order valence-corrected chi connectivity index (χ3v) is 15.4. The van der Waals surface area contributed by atoms with Crippen molar-refractivity contribution < 1.29 is 58.4 Å². The number of methoxy groups -OCH3 is 1. The molecular formula is C52H88N4O12. The molecule has 3 fully saturated rings. The van der Waals surface area contributed by atoms with Crippen LogP contribution in [0.15, 0.2) is 36.5 Å². The van der Waals surface area contributed by atoms with E-state index in [9.17, 15) is 25.2 Å². The fourth-order valence-electron chi connectivity index (χ4n) is 11.1. The Bertz CT molecular complexity index is 1880. The van der Waals surface area contributed by atoms with Crippen LogP contribution in [-0.4, -0.2) is 191 Å². The van der Waals surface area contributed by atoms with E-state index < -0.39 is 96.0 Å². The van der Waals surface area contributed by atoms with Gasteiger partial charge in [0.2, 0.25) is 0 Å². The first-order chi connectivity index (χ1) is 31.8. The van der Waals surface area contributed by atoms with Gasteiger partial charge in [0, 0.05) is 69.4 Å². The van der Waals surface area contributed by atoms with Gasteiger partial charge in [0.1, 0.15) is 30.0 Å². The van der Waals surface area contributed by atoms with Gasteiger partial charge in [0.15, 0.2) is 12.6 Å². The molecule has 18 atom stereocenters. The van der Waals surface area contributed by atoms with Crippen molar-refractivity contribution in [1.82, 2.24) is 19.7 Å². The van der Waals surface area contributed by atoms with Gasteiger partial charge in [0.25, 0.3) is 0 Å². The van der Waals surface area contributed by atoms with Gasteiger partial charge in [-0.25, -0.2) is 0 Å². The quantitative estimate of drug-likeness (QED) is 0.147. The molecule has 0 spiro atoms. The predicted octanol–water partition coefficient (Wildman–Crippen LogP) is 5.00. The van der Waals surface area contributed by atoms with Gasteiger partial charge < -0.3 is 68.3 Å². The van der Waals surface area contributed by atoms with E-state index in [2.05, 4.69) is 34.0 Å². The molecule has 0 bridgehead atoms. The average Bonchev–Trinajstić information content (AvgIpc) is 3.28. The van der Waals surface area contributed by atoms with Crippen LogP contribution in [0.3, 0.4) is 0 Å². The van der Waals surface area contributed by atoms with Crippen molar-refractivity contribution in [3.05, 3.63) is 42.1 Å². The third-order valence-electron chi connectivity index (χ3n) is 15.4. The van der Waals surface area contributed by atoms with Crippen molar-refractivity contribution in [1.29, 1.82) is 0 Å². The van der Waals surface area contributed by atoms with Crippen molar-refractivity contribution >= 4 is 16.9 Å². The van der Waals surface area contributed by atoms with E-state index in [1.165, 1.54) is 19.6 Å². The second-order valence-corrected chi connectivity index (χ2v) is 21.6. The number of rotatable bonds is 14. The molecule has 16 nitrogen and oxygen atoms in total. The highest BCUT2D eigenvalue weighted by Gasteiger charge is 2.53. The summed E-state index contributed by atoms with van der Waals surface area (Å²) < 4.78 is 45.9. The van der Waals surface area contributed by atoms with E-state index >= 15 is 0 Å². The summed E-state index contributed by atoms with van der Waals surface area (Å²) in [7, 11) is 9.56. The van der Waals surface area contributed by atoms with E-state index in [-0.39, 0.29) is 37.3 Å². The van der Waals surface area contributed by atoms with E-state index in [0.29, 0.717) is 19.6 Å². The molecule has 3 saturated heterocycles. The molecule has 0 amide bonds. The SMILES string of the molecule is CC[C@H]1OC(=O)[C@H](C)[C@@H](O[C@H]2C[C@@](C)(OC)[C@@H](O)[C@H](C)O2)[C@H](C)[C@@H](O[C@@H]2O[C@H](C)C[C@H](N(C)C)[C@H]2OCCCN(C)Cc2ccnc3ccccc23)[C@](C)(O)C[C@@H](C)CN(C)[C@H](C)[C@@H](O)[C@]1(C)O. The van der Waals surface area contributed by atoms with Crippen LogP contribution in [0, 0.1) is 17.8 Å². The van der Waals surface area contributed by atoms with E-state index in [1.807, 2.05) is 78.1 Å². The number of pyridine rings is 1. The maximum absolute atomic E-state index is 14.6. The number of nitrogens with zero attached hydrogens (tertiary/aromatic N) is 4. The highest BCUT2D eigenvalue weighted by Crippen LogP contribution is 2.40. The number of hydrogen-bond donors (Lipinski definition) is 4. The van der Waals surface area contributed by atoms with E-state index in [4.69, 9.17) is 33.2 Å². The molecule has 0 aliphatic carbocycles. The first kappa shape index (κ1) is 56.5. The van der Waals surface area contributed by atoms with Gasteiger partial charge >= 0.3 is 5.97 Å². The summed E-state index contributed by atoms with van der Waals surface area (Å²) in [5, 5.41) is 48.9. The Morgan fingerprint density at radius 2 is 1.62 bits per heavy atom. The molecule has 388 valence electrons. The van der Waals surface area contributed by atoms with Crippen LogP contribution in [0.2, 0.25) is 0 Å². The van der Waals surface area contributed by atoms with Crippen LogP contribution in [-0.2, 0) is 44.5 Å². The lowest BCUT2D eigenvalue weighted by molar-refractivity contribution is -0.321. The molecule has 4 heterocycles. The summed E-state index contributed by atoms with van der Waals surface area (Å²) in [5.74, 6) is -2.55. The van der Waals surface area contributed by atoms with Crippen molar-refractivity contribution in [3.63, 3.8) is 0 Å². The van der Waals surface area contributed by atoms with Crippen LogP contribution >= 0.6 is 0 Å². The second kappa shape index (κ2) is 23.9. The minimum Gasteiger partial charge on any atom is -0.459 e. The van der Waals surface area contributed by atoms with Gasteiger partial charge in [-0.2, -0.15) is 0 Å². The fourth-order valence-corrected chi connectivity index (χ4v) is 11.1. The lowest BCUT2D eigenvalue weighted by Gasteiger charge is -2.49. The van der Waals surface area contributed by atoms with E-state index in [1.54, 1.807) is 34.6 Å². The number of hydrogen-bond acceptors (Lipinski definition) is 16. The van der Waals surface area contributed by atoms with Crippen LogP contribution in [0.25, 0.3) is 10.9 Å². The van der Waals surface area contributed by atoms with Crippen molar-refractivity contribution in [2.24, 2.45) is 17.8 Å². The van der Waals surface area contributed by atoms with Gasteiger partial charge in [-0.15, -0.1) is 0 Å². The Labute approximate surface area is 406 Å². The molecule has 16 heteroatoms. The molecule has 3 aliphatic heterocycles. The Morgan fingerprint density at radius 1 is 0.926 bits per heavy atom. The van der Waals surface area contributed by atoms with Crippen LogP contribution in [0.1, 0.15) is 107 Å². The van der Waals surface area contributed by atoms with Crippen LogP contribution in [0.5, 0.6) is 0 Å². The molecule has 0 unspecified atom stereocenters. The number of ether oxygens (including phenoxy) is 7. The smallest absolute Gasteiger partial charge is 0.311 e. The molecule has 68 heavy (non-hydrogen) atoms. The lowest BCUT2D eigenvalue weighted by Crippen LogP contribution is -2.61. The number of aromatic nitrogens is 1. The highest BCUT2D eigenvalue weighted by atomic mass is 16.7. The Hall–Kier alpha value is -2.42. The van der Waals surface area contributed by atoms with Gasteiger partial charge in [-0.3, -0.25) is 9.78 Å². The standard InChI is InChI=1S/C52H88N4O12/c1-16-41-52(10,61)45(57)35(6)56(14)29-31(2)27-50(8,60)47(33(4)43(34(5)48(59)66-41)67-42-28-51(9,62-15)46(58)36(7)65-42)68-49-44(40(54(11)12)26-32(3)64-49)63-25-19-24-55(13)30-37-22-23-53-39-21-18-17-20-38(37)39/h17-18,20-23,31-36,40-47,49,57-58,60-61H,16,19,24-30H2,1-15H3/t31-,32-,33+,34-,35-,36+,40+,41-,42+,43+,44-,45-,46+,47-,49+,50-,51-,52-/m1/s1. The van der Waals surface area contributed by atoms with Gasteiger partial charge in [-0.1, -0.05) is 39.0 Å². The number of esters is 1. The first-order valence-electron chi connectivity index (χ1n) is 25.0. The third kappa shape index (κ3) is 13.3. The van der Waals surface area contributed by atoms with Crippen molar-refractivity contribution in [2.45, 2.75) is 198 Å². The zero-order chi connectivity index (χ0) is 50.5. The molecule has 1 aromatic carbocycles. The van der Waals surface area contributed by atoms with Crippen molar-refractivity contribution in [2.75, 3.05) is 55.0 Å². The number of para-hydroxylation sites is 1. The minimum absolute atomic E-state index is 0.0948.